The van der Waals surface area contributed by atoms with Gasteiger partial charge in [0.25, 0.3) is 5.91 Å². The van der Waals surface area contributed by atoms with Crippen molar-refractivity contribution in [1.82, 2.24) is 4.57 Å². The maximum Gasteiger partial charge on any atom is 0.283 e. The Balaban J connectivity index is 2.10. The molecule has 1 aromatic heterocycles. The number of aromatic nitrogens is 1. The van der Waals surface area contributed by atoms with Gasteiger partial charge in [-0.1, -0.05) is 30.4 Å². The molecule has 1 amide bonds. The molecule has 0 bridgehead atoms. The lowest BCUT2D eigenvalue weighted by atomic mass is 10.2. The third-order valence-electron chi connectivity index (χ3n) is 3.87. The molecular weight excluding hydrogens is 336 g/mol. The van der Waals surface area contributed by atoms with Crippen molar-refractivity contribution in [3.63, 3.8) is 0 Å². The zero-order valence-corrected chi connectivity index (χ0v) is 15.3. The number of methoxy groups -OCH3 is 2. The van der Waals surface area contributed by atoms with Crippen molar-refractivity contribution in [2.24, 2.45) is 4.99 Å². The topological polar surface area (TPSA) is 52.8 Å². The Labute approximate surface area is 150 Å². The van der Waals surface area contributed by atoms with Crippen LogP contribution in [0.4, 0.5) is 0 Å². The fourth-order valence-electron chi connectivity index (χ4n) is 2.67. The number of nitrogens with zero attached hydrogens (tertiary/aromatic N) is 2. The molecule has 3 rings (SSSR count). The first-order valence-corrected chi connectivity index (χ1v) is 8.89. The number of thiazole rings is 1. The third-order valence-corrected chi connectivity index (χ3v) is 4.93. The first kappa shape index (κ1) is 17.2. The zero-order valence-electron chi connectivity index (χ0n) is 14.5. The molecule has 0 saturated carbocycles. The molecule has 25 heavy (non-hydrogen) atoms. The van der Waals surface area contributed by atoms with Crippen LogP contribution in [-0.4, -0.2) is 24.7 Å². The van der Waals surface area contributed by atoms with Crippen molar-refractivity contribution in [3.05, 3.63) is 52.8 Å². The highest BCUT2D eigenvalue weighted by molar-refractivity contribution is 7.16. The van der Waals surface area contributed by atoms with Gasteiger partial charge in [0.1, 0.15) is 11.5 Å². The number of aryl methyl sites for hydroxylation is 1. The number of fused-ring (bicyclic) bond motifs is 1. The summed E-state index contributed by atoms with van der Waals surface area (Å²) in [6, 6.07) is 13.2. The summed E-state index contributed by atoms with van der Waals surface area (Å²) < 4.78 is 13.7. The highest BCUT2D eigenvalue weighted by Gasteiger charge is 2.14. The lowest BCUT2D eigenvalue weighted by Gasteiger charge is -2.07. The van der Waals surface area contributed by atoms with Gasteiger partial charge in [0, 0.05) is 12.6 Å². The van der Waals surface area contributed by atoms with E-state index in [1.807, 2.05) is 18.2 Å². The highest BCUT2D eigenvalue weighted by Crippen LogP contribution is 2.25. The van der Waals surface area contributed by atoms with Gasteiger partial charge in [-0.2, -0.15) is 4.99 Å². The summed E-state index contributed by atoms with van der Waals surface area (Å²) in [6.45, 7) is 2.92. The van der Waals surface area contributed by atoms with E-state index < -0.39 is 0 Å². The molecule has 0 unspecified atom stereocenters. The predicted octanol–water partition coefficient (Wildman–Crippen LogP) is 3.87. The van der Waals surface area contributed by atoms with E-state index in [4.69, 9.17) is 9.47 Å². The van der Waals surface area contributed by atoms with Gasteiger partial charge in [-0.25, -0.2) is 0 Å². The number of rotatable bonds is 5. The lowest BCUT2D eigenvalue weighted by molar-refractivity contribution is 0.0995. The van der Waals surface area contributed by atoms with Gasteiger partial charge in [-0.05, 0) is 30.7 Å². The first-order valence-electron chi connectivity index (χ1n) is 8.07. The Hall–Kier alpha value is -2.60. The summed E-state index contributed by atoms with van der Waals surface area (Å²) in [5.74, 6) is 0.767. The Morgan fingerprint density at radius 3 is 2.68 bits per heavy atom. The maximum absolute atomic E-state index is 12.7. The van der Waals surface area contributed by atoms with Gasteiger partial charge >= 0.3 is 0 Å². The molecule has 0 fully saturated rings. The van der Waals surface area contributed by atoms with E-state index in [2.05, 4.69) is 22.5 Å². The molecule has 0 aliphatic carbocycles. The third kappa shape index (κ3) is 3.44. The molecular formula is C19H20N2O3S. The van der Waals surface area contributed by atoms with Crippen LogP contribution in [-0.2, 0) is 6.54 Å². The quantitative estimate of drug-likeness (QED) is 0.697. The molecule has 2 aromatic carbocycles. The molecule has 1 heterocycles. The number of ether oxygens (including phenoxy) is 2. The van der Waals surface area contributed by atoms with Crippen molar-refractivity contribution < 1.29 is 14.3 Å². The van der Waals surface area contributed by atoms with Crippen LogP contribution in [0.5, 0.6) is 11.5 Å². The second-order valence-corrected chi connectivity index (χ2v) is 6.50. The van der Waals surface area contributed by atoms with E-state index in [1.54, 1.807) is 25.3 Å². The molecule has 0 aliphatic heterocycles. The maximum atomic E-state index is 12.7. The molecule has 3 aromatic rings. The van der Waals surface area contributed by atoms with Crippen LogP contribution in [0, 0.1) is 0 Å². The Morgan fingerprint density at radius 1 is 1.16 bits per heavy atom. The van der Waals surface area contributed by atoms with Crippen LogP contribution >= 0.6 is 11.3 Å². The molecule has 0 atom stereocenters. The minimum Gasteiger partial charge on any atom is -0.497 e. The smallest absolute Gasteiger partial charge is 0.283 e. The van der Waals surface area contributed by atoms with Crippen LogP contribution in [0.25, 0.3) is 10.2 Å². The van der Waals surface area contributed by atoms with Crippen molar-refractivity contribution >= 4 is 27.5 Å². The molecule has 130 valence electrons. The van der Waals surface area contributed by atoms with E-state index in [1.165, 1.54) is 18.4 Å². The fraction of sp³-hybridized carbons (Fsp3) is 0.263. The number of carbonyl (C=O) groups excluding carboxylic acids is 1. The van der Waals surface area contributed by atoms with Crippen LogP contribution in [0.2, 0.25) is 0 Å². The highest BCUT2D eigenvalue weighted by atomic mass is 32.1. The Bertz CT molecular complexity index is 972. The monoisotopic (exact) mass is 356 g/mol. The van der Waals surface area contributed by atoms with Crippen molar-refractivity contribution in [1.29, 1.82) is 0 Å². The van der Waals surface area contributed by atoms with E-state index >= 15 is 0 Å². The van der Waals surface area contributed by atoms with Crippen LogP contribution in [0.15, 0.2) is 47.5 Å². The minimum atomic E-state index is -0.323. The molecule has 0 aliphatic rings. The van der Waals surface area contributed by atoms with E-state index in [0.717, 1.165) is 23.2 Å². The van der Waals surface area contributed by atoms with Gasteiger partial charge in [0.05, 0.1) is 30.0 Å². The first-order chi connectivity index (χ1) is 12.2. The number of carbonyl (C=O) groups is 1. The van der Waals surface area contributed by atoms with Crippen LogP contribution in [0.1, 0.15) is 23.7 Å². The summed E-state index contributed by atoms with van der Waals surface area (Å²) in [5, 5.41) is 0. The summed E-state index contributed by atoms with van der Waals surface area (Å²) in [6.07, 6.45) is 0.966. The molecule has 0 saturated heterocycles. The molecule has 0 spiro atoms. The molecule has 0 N–H and O–H groups in total. The van der Waals surface area contributed by atoms with Crippen molar-refractivity contribution in [2.75, 3.05) is 14.2 Å². The number of amides is 1. The summed E-state index contributed by atoms with van der Waals surface area (Å²) >= 11 is 1.52. The van der Waals surface area contributed by atoms with Crippen LogP contribution < -0.4 is 14.3 Å². The van der Waals surface area contributed by atoms with Crippen molar-refractivity contribution in [3.8, 4) is 11.5 Å². The van der Waals surface area contributed by atoms with Gasteiger partial charge in [0.2, 0.25) is 0 Å². The molecule has 5 nitrogen and oxygen atoms in total. The second-order valence-electron chi connectivity index (χ2n) is 5.49. The van der Waals surface area contributed by atoms with Gasteiger partial charge in [-0.3, -0.25) is 4.79 Å². The number of para-hydroxylation sites is 1. The normalized spacial score (nSPS) is 11.7. The average molecular weight is 356 g/mol. The summed E-state index contributed by atoms with van der Waals surface area (Å²) in [7, 11) is 3.10. The predicted molar refractivity (Wildman–Crippen MR) is 99.5 cm³/mol. The largest absolute Gasteiger partial charge is 0.497 e. The van der Waals surface area contributed by atoms with Crippen molar-refractivity contribution in [2.45, 2.75) is 19.9 Å². The Morgan fingerprint density at radius 2 is 1.96 bits per heavy atom. The SMILES string of the molecule is CCCn1c(=NC(=O)c2ccc(OC)cc2OC)sc2ccccc21. The van der Waals surface area contributed by atoms with E-state index in [9.17, 15) is 4.79 Å². The van der Waals surface area contributed by atoms with Crippen LogP contribution in [0.3, 0.4) is 0 Å². The Kier molecular flexibility index (Phi) is 5.19. The molecule has 6 heteroatoms. The summed E-state index contributed by atoms with van der Waals surface area (Å²) in [5.41, 5.74) is 1.52. The van der Waals surface area contributed by atoms with Gasteiger partial charge in [-0.15, -0.1) is 0 Å². The molecule has 0 radical (unpaired) electrons. The number of benzene rings is 2. The second kappa shape index (κ2) is 7.53. The number of hydrogen-bond donors (Lipinski definition) is 0. The zero-order chi connectivity index (χ0) is 17.8. The van der Waals surface area contributed by atoms with Gasteiger partial charge < -0.3 is 14.0 Å². The fourth-order valence-corrected chi connectivity index (χ4v) is 3.72. The number of hydrogen-bond acceptors (Lipinski definition) is 4. The minimum absolute atomic E-state index is 0.323. The van der Waals surface area contributed by atoms with E-state index in [0.29, 0.717) is 21.9 Å². The van der Waals surface area contributed by atoms with Gasteiger partial charge in [0.15, 0.2) is 4.80 Å². The summed E-state index contributed by atoms with van der Waals surface area (Å²) in [4.78, 5) is 17.8. The average Bonchev–Trinajstić information content (AvgIpc) is 2.98. The lowest BCUT2D eigenvalue weighted by Crippen LogP contribution is -2.17. The standard InChI is InChI=1S/C19H20N2O3S/c1-4-11-21-15-7-5-6-8-17(15)25-19(21)20-18(22)14-10-9-13(23-2)12-16(14)24-3/h5-10,12H,4,11H2,1-3H3. The van der Waals surface area contributed by atoms with E-state index in [-0.39, 0.29) is 5.91 Å².